The zero-order valence-electron chi connectivity index (χ0n) is 16.3. The summed E-state index contributed by atoms with van der Waals surface area (Å²) in [5.74, 6) is -1.53. The Morgan fingerprint density at radius 1 is 1.17 bits per heavy atom. The predicted octanol–water partition coefficient (Wildman–Crippen LogP) is 2.76. The second kappa shape index (κ2) is 8.10. The normalized spacial score (nSPS) is 13.3. The topological polar surface area (TPSA) is 78.2 Å². The van der Waals surface area contributed by atoms with Gasteiger partial charge in [-0.2, -0.15) is 0 Å². The Labute approximate surface area is 170 Å². The summed E-state index contributed by atoms with van der Waals surface area (Å²) in [5, 5.41) is 6.87. The van der Waals surface area contributed by atoms with Crippen LogP contribution < -0.4 is 15.7 Å². The smallest absolute Gasteiger partial charge is 0.346 e. The first-order chi connectivity index (χ1) is 14.5. The van der Waals surface area contributed by atoms with E-state index >= 15 is 0 Å². The maximum atomic E-state index is 13.7. The van der Waals surface area contributed by atoms with Gasteiger partial charge in [0.1, 0.15) is 22.9 Å². The average Bonchev–Trinajstić information content (AvgIpc) is 3.52. The molecule has 2 aromatic carbocycles. The summed E-state index contributed by atoms with van der Waals surface area (Å²) < 4.78 is 35.5. The van der Waals surface area contributed by atoms with E-state index in [-0.39, 0.29) is 24.8 Å². The first-order valence-electron chi connectivity index (χ1n) is 9.55. The summed E-state index contributed by atoms with van der Waals surface area (Å²) in [4.78, 5) is 24.9. The molecule has 1 heterocycles. The molecule has 0 saturated heterocycles. The Hall–Kier alpha value is -3.49. The van der Waals surface area contributed by atoms with E-state index in [2.05, 4.69) is 10.4 Å². The third-order valence-corrected chi connectivity index (χ3v) is 4.93. The molecule has 0 bridgehead atoms. The van der Waals surface area contributed by atoms with Crippen LogP contribution in [-0.4, -0.2) is 33.9 Å². The molecule has 1 aliphatic carbocycles. The van der Waals surface area contributed by atoms with Crippen LogP contribution in [0.2, 0.25) is 0 Å². The number of ether oxygens (including phenoxy) is 1. The van der Waals surface area contributed by atoms with E-state index in [0.717, 1.165) is 30.5 Å². The van der Waals surface area contributed by atoms with Crippen LogP contribution in [-0.2, 0) is 6.54 Å². The molecular formula is C21H20F2N4O3. The molecule has 30 heavy (non-hydrogen) atoms. The van der Waals surface area contributed by atoms with Crippen LogP contribution >= 0.6 is 0 Å². The fourth-order valence-electron chi connectivity index (χ4n) is 3.24. The van der Waals surface area contributed by atoms with Gasteiger partial charge in [-0.1, -0.05) is 6.07 Å². The van der Waals surface area contributed by atoms with E-state index in [0.29, 0.717) is 11.6 Å². The monoisotopic (exact) mass is 414 g/mol. The van der Waals surface area contributed by atoms with Crippen LogP contribution in [0, 0.1) is 11.6 Å². The summed E-state index contributed by atoms with van der Waals surface area (Å²) in [6.45, 7) is 0.0692. The lowest BCUT2D eigenvalue weighted by Gasteiger charge is -2.06. The largest absolute Gasteiger partial charge is 0.497 e. The SMILES string of the molecule is COc1ccc(-c2nn(CCNC(=O)c3c(F)cccc3F)c(=O)n2C2CC2)cc1. The van der Waals surface area contributed by atoms with Gasteiger partial charge in [-0.25, -0.2) is 18.3 Å². The number of aromatic nitrogens is 3. The van der Waals surface area contributed by atoms with Crippen molar-refractivity contribution in [1.82, 2.24) is 19.7 Å². The first-order valence-corrected chi connectivity index (χ1v) is 9.55. The van der Waals surface area contributed by atoms with Gasteiger partial charge in [0.15, 0.2) is 5.82 Å². The zero-order valence-corrected chi connectivity index (χ0v) is 16.3. The van der Waals surface area contributed by atoms with Crippen molar-refractivity contribution in [3.8, 4) is 17.1 Å². The van der Waals surface area contributed by atoms with Crippen molar-refractivity contribution in [2.24, 2.45) is 0 Å². The number of nitrogens with zero attached hydrogens (tertiary/aromatic N) is 3. The Bertz CT molecular complexity index is 1110. The van der Waals surface area contributed by atoms with E-state index in [1.165, 1.54) is 10.7 Å². The average molecular weight is 414 g/mol. The van der Waals surface area contributed by atoms with Gasteiger partial charge >= 0.3 is 5.69 Å². The zero-order chi connectivity index (χ0) is 21.3. The van der Waals surface area contributed by atoms with Crippen LogP contribution in [0.5, 0.6) is 5.75 Å². The highest BCUT2D eigenvalue weighted by atomic mass is 19.1. The lowest BCUT2D eigenvalue weighted by molar-refractivity contribution is 0.0943. The number of hydrogen-bond donors (Lipinski definition) is 1. The highest BCUT2D eigenvalue weighted by Gasteiger charge is 2.30. The van der Waals surface area contributed by atoms with Crippen LogP contribution in [0.1, 0.15) is 29.2 Å². The van der Waals surface area contributed by atoms with Crippen LogP contribution in [0.15, 0.2) is 47.3 Å². The fourth-order valence-corrected chi connectivity index (χ4v) is 3.24. The van der Waals surface area contributed by atoms with E-state index < -0.39 is 23.1 Å². The standard InChI is InChI=1S/C21H20F2N4O3/c1-30-15-9-5-13(6-10-15)19-25-26(21(29)27(19)14-7-8-14)12-11-24-20(28)18-16(22)3-2-4-17(18)23/h2-6,9-10,14H,7-8,11-12H2,1H3,(H,24,28). The number of amides is 1. The van der Waals surface area contributed by atoms with Crippen molar-refractivity contribution in [1.29, 1.82) is 0 Å². The maximum Gasteiger partial charge on any atom is 0.346 e. The summed E-state index contributed by atoms with van der Waals surface area (Å²) in [5.41, 5.74) is -0.155. The molecule has 1 aromatic heterocycles. The summed E-state index contributed by atoms with van der Waals surface area (Å²) >= 11 is 0. The van der Waals surface area contributed by atoms with Crippen molar-refractivity contribution in [3.05, 3.63) is 70.1 Å². The maximum absolute atomic E-state index is 13.7. The van der Waals surface area contributed by atoms with Crippen molar-refractivity contribution in [2.45, 2.75) is 25.4 Å². The quantitative estimate of drug-likeness (QED) is 0.645. The van der Waals surface area contributed by atoms with Gasteiger partial charge in [0.25, 0.3) is 5.91 Å². The molecule has 0 spiro atoms. The third-order valence-electron chi connectivity index (χ3n) is 4.93. The van der Waals surface area contributed by atoms with Gasteiger partial charge in [0.05, 0.1) is 13.7 Å². The van der Waals surface area contributed by atoms with Gasteiger partial charge < -0.3 is 10.1 Å². The molecule has 3 aromatic rings. The van der Waals surface area contributed by atoms with Crippen LogP contribution in [0.3, 0.4) is 0 Å². The summed E-state index contributed by atoms with van der Waals surface area (Å²) in [6.07, 6.45) is 1.80. The molecule has 1 aliphatic rings. The Kier molecular flexibility index (Phi) is 5.35. The number of rotatable bonds is 7. The number of hydrogen-bond acceptors (Lipinski definition) is 4. The lowest BCUT2D eigenvalue weighted by atomic mass is 10.2. The highest BCUT2D eigenvalue weighted by Crippen LogP contribution is 2.36. The number of halogens is 2. The molecular weight excluding hydrogens is 394 g/mol. The van der Waals surface area contributed by atoms with Crippen molar-refractivity contribution < 1.29 is 18.3 Å². The van der Waals surface area contributed by atoms with Gasteiger partial charge in [-0.3, -0.25) is 9.36 Å². The van der Waals surface area contributed by atoms with Crippen molar-refractivity contribution in [2.75, 3.05) is 13.7 Å². The van der Waals surface area contributed by atoms with Crippen LogP contribution in [0.4, 0.5) is 8.78 Å². The van der Waals surface area contributed by atoms with Gasteiger partial charge in [0, 0.05) is 18.2 Å². The van der Waals surface area contributed by atoms with Crippen LogP contribution in [0.25, 0.3) is 11.4 Å². The van der Waals surface area contributed by atoms with Crippen molar-refractivity contribution in [3.63, 3.8) is 0 Å². The van der Waals surface area contributed by atoms with E-state index in [1.807, 2.05) is 12.1 Å². The second-order valence-corrected chi connectivity index (χ2v) is 7.01. The van der Waals surface area contributed by atoms with Gasteiger partial charge in [-0.05, 0) is 49.2 Å². The molecule has 156 valence electrons. The number of carbonyl (C=O) groups excluding carboxylic acids is 1. The molecule has 1 fully saturated rings. The molecule has 0 atom stereocenters. The molecule has 0 unspecified atom stereocenters. The third kappa shape index (κ3) is 3.83. The minimum Gasteiger partial charge on any atom is -0.497 e. The van der Waals surface area contributed by atoms with Crippen molar-refractivity contribution >= 4 is 5.91 Å². The molecule has 0 aliphatic heterocycles. The summed E-state index contributed by atoms with van der Waals surface area (Å²) in [7, 11) is 1.57. The lowest BCUT2D eigenvalue weighted by Crippen LogP contribution is -2.32. The molecule has 1 saturated carbocycles. The molecule has 4 rings (SSSR count). The van der Waals surface area contributed by atoms with Gasteiger partial charge in [0.2, 0.25) is 0 Å². The Morgan fingerprint density at radius 3 is 2.43 bits per heavy atom. The minimum atomic E-state index is -0.940. The number of methoxy groups -OCH3 is 1. The van der Waals surface area contributed by atoms with E-state index in [1.54, 1.807) is 23.8 Å². The first kappa shape index (κ1) is 19.8. The Morgan fingerprint density at radius 2 is 1.83 bits per heavy atom. The highest BCUT2D eigenvalue weighted by molar-refractivity contribution is 5.94. The number of carbonyl (C=O) groups is 1. The Balaban J connectivity index is 1.52. The molecule has 7 nitrogen and oxygen atoms in total. The van der Waals surface area contributed by atoms with Gasteiger partial charge in [-0.15, -0.1) is 5.10 Å². The number of benzene rings is 2. The molecule has 1 amide bonds. The van der Waals surface area contributed by atoms with E-state index in [4.69, 9.17) is 4.74 Å². The number of nitrogens with one attached hydrogen (secondary N) is 1. The molecule has 1 N–H and O–H groups in total. The predicted molar refractivity (Wildman–Crippen MR) is 105 cm³/mol. The summed E-state index contributed by atoms with van der Waals surface area (Å²) in [6, 6.07) is 10.6. The molecule has 9 heteroatoms. The molecule has 0 radical (unpaired) electrons. The van der Waals surface area contributed by atoms with E-state index in [9.17, 15) is 18.4 Å². The second-order valence-electron chi connectivity index (χ2n) is 7.01. The minimum absolute atomic E-state index is 0.00372. The fraction of sp³-hybridized carbons (Fsp3) is 0.286.